The van der Waals surface area contributed by atoms with Gasteiger partial charge in [0.1, 0.15) is 0 Å². The van der Waals surface area contributed by atoms with E-state index in [0.717, 1.165) is 0 Å². The van der Waals surface area contributed by atoms with Crippen LogP contribution in [-0.2, 0) is 39.3 Å². The molecule has 0 aliphatic heterocycles. The molecular formula is C48H32Cl2O8S4. The molecule has 0 bridgehead atoms. The van der Waals surface area contributed by atoms with E-state index >= 15 is 0 Å². The SMILES string of the molecule is O=S(=O)(c1ccc(Cl)cc1)c1ccc(-c2ccc(S(=O)(=O)c3ccc(-c4ccc(S(=O)(=O)c5ccc(-c6ccc(S(=O)(=O)c7ccc(Cl)cc7)cc6)cc5)cc4)cc3)cc2)cc1. The maximum atomic E-state index is 13.6. The summed E-state index contributed by atoms with van der Waals surface area (Å²) < 4.78 is 106. The second-order valence-electron chi connectivity index (χ2n) is 14.1. The molecule has 8 aromatic carbocycles. The summed E-state index contributed by atoms with van der Waals surface area (Å²) >= 11 is 11.8. The molecule has 8 aromatic rings. The quantitative estimate of drug-likeness (QED) is 0.125. The molecular weight excluding hydrogens is 904 g/mol. The Bertz CT molecular complexity index is 3150. The van der Waals surface area contributed by atoms with Crippen molar-refractivity contribution in [3.05, 3.63) is 204 Å². The van der Waals surface area contributed by atoms with Gasteiger partial charge >= 0.3 is 0 Å². The normalized spacial score (nSPS) is 12.2. The second kappa shape index (κ2) is 16.8. The van der Waals surface area contributed by atoms with Crippen LogP contribution in [0.15, 0.2) is 233 Å². The topological polar surface area (TPSA) is 137 Å². The molecule has 62 heavy (non-hydrogen) atoms. The van der Waals surface area contributed by atoms with Gasteiger partial charge in [0, 0.05) is 10.0 Å². The van der Waals surface area contributed by atoms with E-state index in [1.165, 1.54) is 121 Å². The monoisotopic (exact) mass is 934 g/mol. The maximum Gasteiger partial charge on any atom is 0.206 e. The average Bonchev–Trinajstić information content (AvgIpc) is 3.29. The highest BCUT2D eigenvalue weighted by atomic mass is 35.5. The smallest absolute Gasteiger partial charge is 0.206 e. The van der Waals surface area contributed by atoms with Crippen LogP contribution >= 0.6 is 23.2 Å². The molecule has 0 aliphatic carbocycles. The first kappa shape index (κ1) is 42.8. The molecule has 0 aromatic heterocycles. The van der Waals surface area contributed by atoms with E-state index in [1.54, 1.807) is 72.8 Å². The lowest BCUT2D eigenvalue weighted by Gasteiger charge is -2.10. The fourth-order valence-corrected chi connectivity index (χ4v) is 12.0. The van der Waals surface area contributed by atoms with Crippen molar-refractivity contribution in [1.29, 1.82) is 0 Å². The summed E-state index contributed by atoms with van der Waals surface area (Å²) in [6, 6.07) is 49.8. The number of sulfone groups is 4. The van der Waals surface area contributed by atoms with Gasteiger partial charge in [0.15, 0.2) is 0 Å². The van der Waals surface area contributed by atoms with E-state index in [-0.39, 0.29) is 39.2 Å². The number of hydrogen-bond acceptors (Lipinski definition) is 8. The summed E-state index contributed by atoms with van der Waals surface area (Å²) in [7, 11) is -15.3. The average molecular weight is 936 g/mol. The van der Waals surface area contributed by atoms with Gasteiger partial charge in [-0.2, -0.15) is 0 Å². The molecule has 0 N–H and O–H groups in total. The van der Waals surface area contributed by atoms with Crippen molar-refractivity contribution in [3.8, 4) is 33.4 Å². The molecule has 8 nitrogen and oxygen atoms in total. The molecule has 0 unspecified atom stereocenters. The number of halogens is 2. The predicted molar refractivity (Wildman–Crippen MR) is 240 cm³/mol. The lowest BCUT2D eigenvalue weighted by molar-refractivity contribution is 0.594. The van der Waals surface area contributed by atoms with Gasteiger partial charge in [0.2, 0.25) is 39.3 Å². The predicted octanol–water partition coefficient (Wildman–Crippen LogP) is 11.3. The molecule has 0 atom stereocenters. The first-order chi connectivity index (χ1) is 29.5. The van der Waals surface area contributed by atoms with Crippen LogP contribution in [0.4, 0.5) is 0 Å². The summed E-state index contributed by atoms with van der Waals surface area (Å²) in [5.74, 6) is 0. The van der Waals surface area contributed by atoms with Crippen molar-refractivity contribution in [3.63, 3.8) is 0 Å². The molecule has 0 fully saturated rings. The van der Waals surface area contributed by atoms with Crippen LogP contribution in [0, 0.1) is 0 Å². The van der Waals surface area contributed by atoms with Gasteiger partial charge in [-0.05, 0) is 155 Å². The zero-order valence-electron chi connectivity index (χ0n) is 32.1. The maximum absolute atomic E-state index is 13.6. The third-order valence-corrected chi connectivity index (χ3v) is 17.9. The van der Waals surface area contributed by atoms with Gasteiger partial charge in [-0.1, -0.05) is 96.0 Å². The number of hydrogen-bond donors (Lipinski definition) is 0. The minimum absolute atomic E-state index is 0.0762. The van der Waals surface area contributed by atoms with Crippen molar-refractivity contribution < 1.29 is 33.7 Å². The fourth-order valence-electron chi connectivity index (χ4n) is 6.73. The standard InChI is InChI=1S/C48H32Cl2O8S4/c49-39-13-29-47(30-14-39)61(55,56)45-25-9-37(10-26-45)35-5-21-43(22-6-35)59(51,52)41-17-1-33(2-18-41)34-3-19-42(20-4-34)60(53,54)44-23-7-36(8-24-44)38-11-27-46(28-12-38)62(57,58)48-31-15-40(50)16-32-48/h1-32H. The van der Waals surface area contributed by atoms with Crippen molar-refractivity contribution in [1.82, 2.24) is 0 Å². The lowest BCUT2D eigenvalue weighted by atomic mass is 10.1. The van der Waals surface area contributed by atoms with Crippen molar-refractivity contribution in [2.24, 2.45) is 0 Å². The molecule has 0 heterocycles. The van der Waals surface area contributed by atoms with E-state index < -0.39 is 39.3 Å². The molecule has 14 heteroatoms. The first-order valence-electron chi connectivity index (χ1n) is 18.7. The van der Waals surface area contributed by atoms with Crippen LogP contribution in [0.3, 0.4) is 0 Å². The molecule has 8 rings (SSSR count). The van der Waals surface area contributed by atoms with Gasteiger partial charge in [0.05, 0.1) is 39.2 Å². The number of rotatable bonds is 11. The molecule has 0 aliphatic rings. The Labute approximate surface area is 370 Å². The van der Waals surface area contributed by atoms with Crippen molar-refractivity contribution >= 4 is 62.6 Å². The summed E-state index contributed by atoms with van der Waals surface area (Å²) in [4.78, 5) is 0.790. The highest BCUT2D eigenvalue weighted by Crippen LogP contribution is 2.32. The van der Waals surface area contributed by atoms with Gasteiger partial charge in [0.25, 0.3) is 0 Å². The molecule has 310 valence electrons. The van der Waals surface area contributed by atoms with Crippen LogP contribution in [0.5, 0.6) is 0 Å². The van der Waals surface area contributed by atoms with Gasteiger partial charge < -0.3 is 0 Å². The summed E-state index contributed by atoms with van der Waals surface area (Å²) in [6.07, 6.45) is 0. The summed E-state index contributed by atoms with van der Waals surface area (Å²) in [5.41, 5.74) is 4.17. The van der Waals surface area contributed by atoms with Crippen LogP contribution < -0.4 is 0 Å². The fraction of sp³-hybridized carbons (Fsp3) is 0. The molecule has 0 radical (unpaired) electrons. The Morgan fingerprint density at radius 3 is 0.435 bits per heavy atom. The molecule has 0 spiro atoms. The van der Waals surface area contributed by atoms with Crippen molar-refractivity contribution in [2.45, 2.75) is 39.2 Å². The number of benzene rings is 8. The highest BCUT2D eigenvalue weighted by Gasteiger charge is 2.22. The Morgan fingerprint density at radius 1 is 0.194 bits per heavy atom. The summed E-state index contributed by atoms with van der Waals surface area (Å²) in [6.45, 7) is 0. The second-order valence-corrected chi connectivity index (χ2v) is 22.7. The molecule has 0 saturated heterocycles. The largest absolute Gasteiger partial charge is 0.219 e. The van der Waals surface area contributed by atoms with Crippen LogP contribution in [-0.4, -0.2) is 33.7 Å². The van der Waals surface area contributed by atoms with E-state index in [2.05, 4.69) is 0 Å². The van der Waals surface area contributed by atoms with Gasteiger partial charge in [-0.3, -0.25) is 0 Å². The third kappa shape index (κ3) is 8.50. The van der Waals surface area contributed by atoms with E-state index in [4.69, 9.17) is 23.2 Å². The minimum atomic E-state index is -3.89. The summed E-state index contributed by atoms with van der Waals surface area (Å²) in [5, 5.41) is 0.860. The zero-order chi connectivity index (χ0) is 43.9. The third-order valence-electron chi connectivity index (χ3n) is 10.2. The van der Waals surface area contributed by atoms with Crippen LogP contribution in [0.2, 0.25) is 10.0 Å². The Balaban J connectivity index is 0.923. The van der Waals surface area contributed by atoms with E-state index in [9.17, 15) is 33.7 Å². The highest BCUT2D eigenvalue weighted by molar-refractivity contribution is 7.92. The van der Waals surface area contributed by atoms with Gasteiger partial charge in [-0.15, -0.1) is 0 Å². The first-order valence-corrected chi connectivity index (χ1v) is 25.4. The Morgan fingerprint density at radius 2 is 0.306 bits per heavy atom. The minimum Gasteiger partial charge on any atom is -0.219 e. The van der Waals surface area contributed by atoms with E-state index in [0.29, 0.717) is 43.4 Å². The van der Waals surface area contributed by atoms with Crippen molar-refractivity contribution in [2.75, 3.05) is 0 Å². The Hall–Kier alpha value is -5.86. The van der Waals surface area contributed by atoms with Gasteiger partial charge in [-0.25, -0.2) is 33.7 Å². The Kier molecular flexibility index (Phi) is 11.6. The lowest BCUT2D eigenvalue weighted by Crippen LogP contribution is -2.02. The van der Waals surface area contributed by atoms with Crippen LogP contribution in [0.25, 0.3) is 33.4 Å². The molecule has 0 saturated carbocycles. The zero-order valence-corrected chi connectivity index (χ0v) is 36.9. The van der Waals surface area contributed by atoms with Crippen LogP contribution in [0.1, 0.15) is 0 Å². The molecule has 0 amide bonds. The van der Waals surface area contributed by atoms with E-state index in [1.807, 2.05) is 0 Å².